The Labute approximate surface area is 157 Å². The Hall–Kier alpha value is -3.48. The highest BCUT2D eigenvalue weighted by atomic mass is 15.3. The molecule has 1 unspecified atom stereocenters. The average Bonchev–Trinajstić information content (AvgIpc) is 3.32. The molecule has 27 heavy (non-hydrogen) atoms. The minimum atomic E-state index is 0.0709. The summed E-state index contributed by atoms with van der Waals surface area (Å²) in [5.74, 6) is 1.41. The molecule has 7 heteroatoms. The first-order valence-electron chi connectivity index (χ1n) is 8.86. The molecule has 0 saturated heterocycles. The average molecular weight is 359 g/mol. The SMILES string of the molecule is Cc1ccn(-c2ccc(NC(C)c3cnn(Cc4ccccc4)c3)nn2)n1. The Kier molecular flexibility index (Phi) is 4.65. The van der Waals surface area contributed by atoms with E-state index in [-0.39, 0.29) is 6.04 Å². The Morgan fingerprint density at radius 1 is 1.04 bits per heavy atom. The minimum Gasteiger partial charge on any atom is -0.362 e. The molecule has 4 aromatic rings. The quantitative estimate of drug-likeness (QED) is 0.571. The van der Waals surface area contributed by atoms with Crippen LogP contribution in [0.3, 0.4) is 0 Å². The van der Waals surface area contributed by atoms with Crippen molar-refractivity contribution in [2.24, 2.45) is 0 Å². The second kappa shape index (κ2) is 7.41. The van der Waals surface area contributed by atoms with Crippen molar-refractivity contribution in [1.29, 1.82) is 0 Å². The highest BCUT2D eigenvalue weighted by molar-refractivity contribution is 5.38. The van der Waals surface area contributed by atoms with Gasteiger partial charge in [-0.1, -0.05) is 30.3 Å². The van der Waals surface area contributed by atoms with Gasteiger partial charge < -0.3 is 5.32 Å². The molecule has 0 saturated carbocycles. The molecule has 1 atom stereocenters. The highest BCUT2D eigenvalue weighted by Gasteiger charge is 2.10. The first-order valence-corrected chi connectivity index (χ1v) is 8.86. The van der Waals surface area contributed by atoms with Crippen molar-refractivity contribution >= 4 is 5.82 Å². The van der Waals surface area contributed by atoms with Crippen LogP contribution in [-0.2, 0) is 6.54 Å². The van der Waals surface area contributed by atoms with Gasteiger partial charge in [0.1, 0.15) is 5.82 Å². The van der Waals surface area contributed by atoms with Crippen LogP contribution in [0.4, 0.5) is 5.82 Å². The molecule has 0 aliphatic rings. The molecule has 1 aromatic carbocycles. The van der Waals surface area contributed by atoms with E-state index in [9.17, 15) is 0 Å². The van der Waals surface area contributed by atoms with Gasteiger partial charge in [-0.3, -0.25) is 4.68 Å². The van der Waals surface area contributed by atoms with E-state index in [4.69, 9.17) is 0 Å². The molecule has 0 amide bonds. The van der Waals surface area contributed by atoms with Crippen LogP contribution in [-0.4, -0.2) is 29.8 Å². The summed E-state index contributed by atoms with van der Waals surface area (Å²) in [5, 5.41) is 20.7. The lowest BCUT2D eigenvalue weighted by molar-refractivity contribution is 0.685. The van der Waals surface area contributed by atoms with Gasteiger partial charge in [0, 0.05) is 18.0 Å². The van der Waals surface area contributed by atoms with E-state index in [0.29, 0.717) is 11.6 Å². The van der Waals surface area contributed by atoms with Gasteiger partial charge >= 0.3 is 0 Å². The van der Waals surface area contributed by atoms with Gasteiger partial charge in [0.2, 0.25) is 0 Å². The van der Waals surface area contributed by atoms with Crippen molar-refractivity contribution in [3.05, 3.63) is 83.9 Å². The predicted octanol–water partition coefficient (Wildman–Crippen LogP) is 3.39. The fourth-order valence-corrected chi connectivity index (χ4v) is 2.83. The van der Waals surface area contributed by atoms with Crippen LogP contribution in [0.5, 0.6) is 0 Å². The van der Waals surface area contributed by atoms with Crippen molar-refractivity contribution in [3.63, 3.8) is 0 Å². The third-order valence-electron chi connectivity index (χ3n) is 4.31. The summed E-state index contributed by atoms with van der Waals surface area (Å²) < 4.78 is 3.65. The fraction of sp³-hybridized carbons (Fsp3) is 0.200. The van der Waals surface area contributed by atoms with E-state index >= 15 is 0 Å². The van der Waals surface area contributed by atoms with Crippen LogP contribution >= 0.6 is 0 Å². The van der Waals surface area contributed by atoms with Crippen molar-refractivity contribution in [1.82, 2.24) is 29.8 Å². The maximum Gasteiger partial charge on any atom is 0.175 e. The smallest absolute Gasteiger partial charge is 0.175 e. The number of rotatable bonds is 6. The van der Waals surface area contributed by atoms with E-state index < -0.39 is 0 Å². The number of hydrogen-bond donors (Lipinski definition) is 1. The molecule has 0 fully saturated rings. The fourth-order valence-electron chi connectivity index (χ4n) is 2.83. The minimum absolute atomic E-state index is 0.0709. The van der Waals surface area contributed by atoms with E-state index in [2.05, 4.69) is 51.0 Å². The van der Waals surface area contributed by atoms with Crippen LogP contribution in [0, 0.1) is 6.92 Å². The first-order chi connectivity index (χ1) is 13.2. The molecule has 0 aliphatic carbocycles. The standard InChI is InChI=1S/C20H21N7/c1-15-10-11-27(25-15)20-9-8-19(23-24-20)22-16(2)18-12-21-26(14-18)13-17-6-4-3-5-7-17/h3-12,14,16H,13H2,1-2H3,(H,22,23). The van der Waals surface area contributed by atoms with E-state index in [1.165, 1.54) is 5.56 Å². The maximum atomic E-state index is 4.46. The lowest BCUT2D eigenvalue weighted by atomic mass is 10.2. The molecule has 0 radical (unpaired) electrons. The molecule has 3 aromatic heterocycles. The van der Waals surface area contributed by atoms with Crippen LogP contribution in [0.2, 0.25) is 0 Å². The molecule has 136 valence electrons. The maximum absolute atomic E-state index is 4.46. The van der Waals surface area contributed by atoms with Crippen LogP contribution in [0.15, 0.2) is 67.1 Å². The summed E-state index contributed by atoms with van der Waals surface area (Å²) in [7, 11) is 0. The van der Waals surface area contributed by atoms with Gasteiger partial charge in [0.15, 0.2) is 5.82 Å². The van der Waals surface area contributed by atoms with Gasteiger partial charge in [0.25, 0.3) is 0 Å². The van der Waals surface area contributed by atoms with Crippen molar-refractivity contribution in [2.75, 3.05) is 5.32 Å². The van der Waals surface area contributed by atoms with Crippen LogP contribution in [0.1, 0.15) is 29.8 Å². The van der Waals surface area contributed by atoms with Crippen LogP contribution in [0.25, 0.3) is 5.82 Å². The Balaban J connectivity index is 1.41. The van der Waals surface area contributed by atoms with E-state index in [0.717, 1.165) is 17.8 Å². The highest BCUT2D eigenvalue weighted by Crippen LogP contribution is 2.18. The number of benzene rings is 1. The molecule has 0 aliphatic heterocycles. The van der Waals surface area contributed by atoms with Gasteiger partial charge in [-0.05, 0) is 37.6 Å². The number of hydrogen-bond acceptors (Lipinski definition) is 5. The zero-order chi connectivity index (χ0) is 18.6. The number of nitrogens with one attached hydrogen (secondary N) is 1. The lowest BCUT2D eigenvalue weighted by Gasteiger charge is -2.12. The normalized spacial score (nSPS) is 12.1. The topological polar surface area (TPSA) is 73.5 Å². The molecular weight excluding hydrogens is 338 g/mol. The second-order valence-electron chi connectivity index (χ2n) is 6.50. The summed E-state index contributed by atoms with van der Waals surface area (Å²) in [5.41, 5.74) is 3.27. The van der Waals surface area contributed by atoms with Crippen molar-refractivity contribution in [3.8, 4) is 5.82 Å². The molecule has 0 bridgehead atoms. The summed E-state index contributed by atoms with van der Waals surface area (Å²) in [6, 6.07) is 16.1. The van der Waals surface area contributed by atoms with Crippen molar-refractivity contribution in [2.45, 2.75) is 26.4 Å². The molecule has 7 nitrogen and oxygen atoms in total. The predicted molar refractivity (Wildman–Crippen MR) is 104 cm³/mol. The molecule has 3 heterocycles. The van der Waals surface area contributed by atoms with Crippen LogP contribution < -0.4 is 5.32 Å². The monoisotopic (exact) mass is 359 g/mol. The zero-order valence-corrected chi connectivity index (χ0v) is 15.3. The summed E-state index contributed by atoms with van der Waals surface area (Å²) in [4.78, 5) is 0. The Morgan fingerprint density at radius 3 is 2.59 bits per heavy atom. The van der Waals surface area contributed by atoms with Gasteiger partial charge in [-0.15, -0.1) is 10.2 Å². The Morgan fingerprint density at radius 2 is 1.89 bits per heavy atom. The second-order valence-corrected chi connectivity index (χ2v) is 6.50. The molecule has 4 rings (SSSR count). The number of anilines is 1. The lowest BCUT2D eigenvalue weighted by Crippen LogP contribution is -2.09. The molecule has 0 spiro atoms. The first kappa shape index (κ1) is 17.0. The van der Waals surface area contributed by atoms with E-state index in [1.807, 2.05) is 60.4 Å². The summed E-state index contributed by atoms with van der Waals surface area (Å²) in [6.07, 6.45) is 5.81. The van der Waals surface area contributed by atoms with Gasteiger partial charge in [-0.25, -0.2) is 4.68 Å². The third-order valence-corrected chi connectivity index (χ3v) is 4.31. The number of aryl methyl sites for hydroxylation is 1. The summed E-state index contributed by atoms with van der Waals surface area (Å²) >= 11 is 0. The van der Waals surface area contributed by atoms with Crippen molar-refractivity contribution < 1.29 is 0 Å². The summed E-state index contributed by atoms with van der Waals surface area (Å²) in [6.45, 7) is 4.78. The number of nitrogens with zero attached hydrogens (tertiary/aromatic N) is 6. The molecular formula is C20H21N7. The largest absolute Gasteiger partial charge is 0.362 e. The zero-order valence-electron chi connectivity index (χ0n) is 15.3. The molecule has 1 N–H and O–H groups in total. The third kappa shape index (κ3) is 4.03. The van der Waals surface area contributed by atoms with E-state index in [1.54, 1.807) is 4.68 Å². The van der Waals surface area contributed by atoms with Gasteiger partial charge in [-0.2, -0.15) is 10.2 Å². The van der Waals surface area contributed by atoms with Gasteiger partial charge in [0.05, 0.1) is 24.5 Å². The Bertz CT molecular complexity index is 1000. The number of aromatic nitrogens is 6.